The van der Waals surface area contributed by atoms with Gasteiger partial charge in [-0.1, -0.05) is 12.8 Å². The Bertz CT molecular complexity index is 781. The molecule has 0 radical (unpaired) electrons. The average molecular weight is 396 g/mol. The molecule has 0 bridgehead atoms. The van der Waals surface area contributed by atoms with Crippen molar-refractivity contribution in [3.8, 4) is 6.07 Å². The van der Waals surface area contributed by atoms with Gasteiger partial charge in [-0.2, -0.15) is 5.26 Å². The van der Waals surface area contributed by atoms with Gasteiger partial charge in [-0.3, -0.25) is 14.9 Å². The lowest BCUT2D eigenvalue weighted by Gasteiger charge is -2.40. The third kappa shape index (κ3) is 4.51. The lowest BCUT2D eigenvalue weighted by atomic mass is 9.82. The first-order chi connectivity index (χ1) is 14.1. The summed E-state index contributed by atoms with van der Waals surface area (Å²) in [7, 11) is 0. The van der Waals surface area contributed by atoms with Crippen molar-refractivity contribution in [3.05, 3.63) is 23.9 Å². The van der Waals surface area contributed by atoms with Crippen LogP contribution in [-0.4, -0.2) is 60.1 Å². The van der Waals surface area contributed by atoms with Gasteiger partial charge in [0.25, 0.3) is 0 Å². The number of rotatable bonds is 4. The van der Waals surface area contributed by atoms with E-state index in [-0.39, 0.29) is 29.9 Å². The summed E-state index contributed by atoms with van der Waals surface area (Å²) < 4.78 is 0. The molecule has 2 saturated heterocycles. The van der Waals surface area contributed by atoms with E-state index >= 15 is 0 Å². The molecular formula is C21H28N6O2. The maximum atomic E-state index is 12.6. The van der Waals surface area contributed by atoms with Gasteiger partial charge >= 0.3 is 0 Å². The normalized spacial score (nSPS) is 27.0. The summed E-state index contributed by atoms with van der Waals surface area (Å²) in [4.78, 5) is 33.3. The third-order valence-electron chi connectivity index (χ3n) is 6.31. The highest BCUT2D eigenvalue weighted by molar-refractivity contribution is 5.81. The lowest BCUT2D eigenvalue weighted by molar-refractivity contribution is -0.134. The van der Waals surface area contributed by atoms with Crippen LogP contribution in [0.25, 0.3) is 0 Å². The van der Waals surface area contributed by atoms with Gasteiger partial charge in [0.1, 0.15) is 11.9 Å². The van der Waals surface area contributed by atoms with Crippen molar-refractivity contribution in [1.29, 1.82) is 5.26 Å². The van der Waals surface area contributed by atoms with E-state index in [9.17, 15) is 9.59 Å². The van der Waals surface area contributed by atoms with Gasteiger partial charge in [-0.05, 0) is 31.4 Å². The van der Waals surface area contributed by atoms with E-state index in [2.05, 4.69) is 26.6 Å². The fourth-order valence-corrected chi connectivity index (χ4v) is 4.63. The maximum Gasteiger partial charge on any atom is 0.225 e. The number of piperazine rings is 1. The largest absolute Gasteiger partial charge is 0.353 e. The fraction of sp³-hybridized carbons (Fsp3) is 0.619. The van der Waals surface area contributed by atoms with E-state index in [1.807, 2.05) is 11.0 Å². The number of anilines is 1. The molecule has 3 heterocycles. The number of fused-ring (bicyclic) bond motifs is 1. The highest BCUT2D eigenvalue weighted by atomic mass is 16.2. The summed E-state index contributed by atoms with van der Waals surface area (Å²) >= 11 is 0. The number of carbonyl (C=O) groups is 2. The Morgan fingerprint density at radius 1 is 1.21 bits per heavy atom. The number of aromatic nitrogens is 1. The molecule has 2 aliphatic heterocycles. The van der Waals surface area contributed by atoms with Crippen LogP contribution in [0.15, 0.2) is 18.3 Å². The Morgan fingerprint density at radius 2 is 2.00 bits per heavy atom. The van der Waals surface area contributed by atoms with Crippen molar-refractivity contribution in [2.45, 2.75) is 50.7 Å². The number of amides is 2. The molecule has 4 rings (SSSR count). The molecule has 1 aromatic rings. The van der Waals surface area contributed by atoms with Gasteiger partial charge in [0, 0.05) is 44.8 Å². The van der Waals surface area contributed by atoms with Crippen molar-refractivity contribution in [2.75, 3.05) is 31.1 Å². The van der Waals surface area contributed by atoms with Crippen molar-refractivity contribution in [1.82, 2.24) is 20.5 Å². The zero-order chi connectivity index (χ0) is 20.2. The molecule has 3 unspecified atom stereocenters. The number of hydrogen-bond donors (Lipinski definition) is 2. The van der Waals surface area contributed by atoms with Crippen molar-refractivity contribution < 1.29 is 9.59 Å². The Hall–Kier alpha value is -2.66. The number of nitrogens with zero attached hydrogens (tertiary/aromatic N) is 4. The number of pyridine rings is 1. The van der Waals surface area contributed by atoms with Crippen molar-refractivity contribution in [2.24, 2.45) is 5.92 Å². The summed E-state index contributed by atoms with van der Waals surface area (Å²) in [5, 5.41) is 15.5. The fourth-order valence-electron chi connectivity index (χ4n) is 4.63. The summed E-state index contributed by atoms with van der Waals surface area (Å²) in [6.45, 7) is 2.78. The van der Waals surface area contributed by atoms with Gasteiger partial charge in [0.05, 0.1) is 17.6 Å². The molecule has 0 spiro atoms. The number of nitriles is 1. The Morgan fingerprint density at radius 3 is 2.72 bits per heavy atom. The van der Waals surface area contributed by atoms with E-state index < -0.39 is 0 Å². The second-order valence-electron chi connectivity index (χ2n) is 8.15. The van der Waals surface area contributed by atoms with Crippen LogP contribution in [0.4, 0.5) is 5.82 Å². The van der Waals surface area contributed by atoms with E-state index in [1.54, 1.807) is 12.3 Å². The highest BCUT2D eigenvalue weighted by Gasteiger charge is 2.37. The molecule has 0 aromatic carbocycles. The van der Waals surface area contributed by atoms with Crippen LogP contribution in [-0.2, 0) is 9.59 Å². The van der Waals surface area contributed by atoms with Gasteiger partial charge < -0.3 is 15.1 Å². The molecule has 154 valence electrons. The van der Waals surface area contributed by atoms with E-state index in [0.29, 0.717) is 31.5 Å². The maximum absolute atomic E-state index is 12.6. The number of hydrogen-bond acceptors (Lipinski definition) is 6. The molecule has 3 atom stereocenters. The minimum atomic E-state index is -0.102. The van der Waals surface area contributed by atoms with Gasteiger partial charge in [0.15, 0.2) is 0 Å². The highest BCUT2D eigenvalue weighted by Crippen LogP contribution is 2.27. The Balaban J connectivity index is 1.23. The minimum Gasteiger partial charge on any atom is -0.353 e. The molecule has 2 N–H and O–H groups in total. The molecule has 2 amide bonds. The first-order valence-corrected chi connectivity index (χ1v) is 10.6. The van der Waals surface area contributed by atoms with Gasteiger partial charge in [0.2, 0.25) is 11.8 Å². The minimum absolute atomic E-state index is 0.0969. The van der Waals surface area contributed by atoms with Crippen molar-refractivity contribution >= 4 is 17.6 Å². The molecule has 8 heteroatoms. The first-order valence-electron chi connectivity index (χ1n) is 10.6. The summed E-state index contributed by atoms with van der Waals surface area (Å²) in [5.74, 6) is 1.22. The predicted octanol–water partition coefficient (Wildman–Crippen LogP) is 0.986. The molecule has 3 aliphatic rings. The zero-order valence-electron chi connectivity index (χ0n) is 16.6. The van der Waals surface area contributed by atoms with E-state index in [0.717, 1.165) is 38.2 Å². The average Bonchev–Trinajstić information content (AvgIpc) is 2.78. The Kier molecular flexibility index (Phi) is 5.95. The molecule has 1 saturated carbocycles. The third-order valence-corrected chi connectivity index (χ3v) is 6.31. The summed E-state index contributed by atoms with van der Waals surface area (Å²) in [5.41, 5.74) is 0.547. The van der Waals surface area contributed by atoms with Crippen LogP contribution in [0.3, 0.4) is 0 Å². The first kappa shape index (κ1) is 19.6. The molecule has 1 aromatic heterocycles. The molecule has 29 heavy (non-hydrogen) atoms. The summed E-state index contributed by atoms with van der Waals surface area (Å²) in [6, 6.07) is 5.96. The number of nitrogens with one attached hydrogen (secondary N) is 2. The second-order valence-corrected chi connectivity index (χ2v) is 8.15. The quantitative estimate of drug-likeness (QED) is 0.787. The summed E-state index contributed by atoms with van der Waals surface area (Å²) in [6.07, 6.45) is 6.86. The topological polar surface area (TPSA) is 101 Å². The van der Waals surface area contributed by atoms with Crippen LogP contribution < -0.4 is 15.5 Å². The van der Waals surface area contributed by atoms with Crippen LogP contribution >= 0.6 is 0 Å². The molecule has 8 nitrogen and oxygen atoms in total. The SMILES string of the molecule is N#Cc1ccc(N2CCN(C(=O)CCC3NC(=O)C4CCCCC4N3)CC2)nc1. The smallest absolute Gasteiger partial charge is 0.225 e. The zero-order valence-corrected chi connectivity index (χ0v) is 16.6. The lowest BCUT2D eigenvalue weighted by Crippen LogP contribution is -2.62. The monoisotopic (exact) mass is 396 g/mol. The number of carbonyl (C=O) groups excluding carboxylic acids is 2. The van der Waals surface area contributed by atoms with Crippen LogP contribution in [0.1, 0.15) is 44.1 Å². The van der Waals surface area contributed by atoms with E-state index in [4.69, 9.17) is 5.26 Å². The van der Waals surface area contributed by atoms with Gasteiger partial charge in [-0.15, -0.1) is 0 Å². The second kappa shape index (κ2) is 8.78. The van der Waals surface area contributed by atoms with E-state index in [1.165, 1.54) is 6.42 Å². The molecular weight excluding hydrogens is 368 g/mol. The van der Waals surface area contributed by atoms with Crippen LogP contribution in [0.2, 0.25) is 0 Å². The molecule has 1 aliphatic carbocycles. The van der Waals surface area contributed by atoms with Crippen LogP contribution in [0.5, 0.6) is 0 Å². The van der Waals surface area contributed by atoms with Gasteiger partial charge in [-0.25, -0.2) is 4.98 Å². The molecule has 3 fully saturated rings. The van der Waals surface area contributed by atoms with Crippen molar-refractivity contribution in [3.63, 3.8) is 0 Å². The Labute approximate surface area is 171 Å². The van der Waals surface area contributed by atoms with Crippen LogP contribution in [0, 0.1) is 17.2 Å². The standard InChI is InChI=1S/C21H28N6O2/c22-13-15-5-7-19(23-14-15)26-9-11-27(12-10-26)20(28)8-6-18-24-17-4-2-1-3-16(17)21(29)25-18/h5,7,14,16-18,24H,1-4,6,8-12H2,(H,25,29). The predicted molar refractivity (Wildman–Crippen MR) is 108 cm³/mol.